The van der Waals surface area contributed by atoms with Crippen molar-refractivity contribution in [2.75, 3.05) is 13.7 Å². The van der Waals surface area contributed by atoms with Crippen molar-refractivity contribution in [1.82, 2.24) is 14.7 Å². The summed E-state index contributed by atoms with van der Waals surface area (Å²) in [4.78, 5) is 15.4. The Morgan fingerprint density at radius 1 is 1.03 bits per heavy atom. The van der Waals surface area contributed by atoms with Gasteiger partial charge in [0.05, 0.1) is 19.1 Å². The molecule has 30 heavy (non-hydrogen) atoms. The first-order chi connectivity index (χ1) is 14.7. The predicted octanol–water partition coefficient (Wildman–Crippen LogP) is 4.34. The number of aromatic nitrogens is 2. The highest BCUT2D eigenvalue weighted by Gasteiger charge is 2.26. The first-order valence-corrected chi connectivity index (χ1v) is 9.87. The second-order valence-electron chi connectivity index (χ2n) is 7.25. The molecule has 0 radical (unpaired) electrons. The summed E-state index contributed by atoms with van der Waals surface area (Å²) in [7, 11) is 1.63. The van der Waals surface area contributed by atoms with Gasteiger partial charge in [-0.2, -0.15) is 5.10 Å². The summed E-state index contributed by atoms with van der Waals surface area (Å²) in [5, 5.41) is 4.67. The van der Waals surface area contributed by atoms with E-state index in [-0.39, 0.29) is 5.91 Å². The summed E-state index contributed by atoms with van der Waals surface area (Å²) in [6, 6.07) is 21.2. The molecule has 0 saturated heterocycles. The summed E-state index contributed by atoms with van der Waals surface area (Å²) < 4.78 is 12.4. The molecule has 6 heteroatoms. The molecule has 6 nitrogen and oxygen atoms in total. The fraction of sp³-hybridized carbons (Fsp3) is 0.167. The molecule has 3 heterocycles. The van der Waals surface area contributed by atoms with Crippen LogP contribution in [0.5, 0.6) is 5.75 Å². The Hall–Kier alpha value is -3.80. The molecule has 0 spiro atoms. The van der Waals surface area contributed by atoms with E-state index in [2.05, 4.69) is 17.2 Å². The SMILES string of the molecule is COc1ccc(-n2nc(-c3ccco3)cc2C(=O)N2CCc3ccccc3C2)cc1. The van der Waals surface area contributed by atoms with Crippen molar-refractivity contribution in [3.05, 3.63) is 89.8 Å². The molecule has 0 aliphatic carbocycles. The van der Waals surface area contributed by atoms with Crippen LogP contribution in [0, 0.1) is 0 Å². The minimum Gasteiger partial charge on any atom is -0.497 e. The molecular weight excluding hydrogens is 378 g/mol. The number of hydrogen-bond donors (Lipinski definition) is 0. The molecule has 1 amide bonds. The molecule has 150 valence electrons. The lowest BCUT2D eigenvalue weighted by Gasteiger charge is -2.29. The molecule has 0 unspecified atom stereocenters. The third kappa shape index (κ3) is 3.26. The van der Waals surface area contributed by atoms with E-state index in [1.54, 1.807) is 24.1 Å². The maximum atomic E-state index is 13.5. The lowest BCUT2D eigenvalue weighted by molar-refractivity contribution is 0.0725. The van der Waals surface area contributed by atoms with Crippen molar-refractivity contribution in [3.8, 4) is 22.9 Å². The zero-order valence-electron chi connectivity index (χ0n) is 16.6. The summed E-state index contributed by atoms with van der Waals surface area (Å²) in [6.45, 7) is 1.28. The zero-order chi connectivity index (χ0) is 20.5. The highest BCUT2D eigenvalue weighted by molar-refractivity contribution is 5.94. The number of rotatable bonds is 4. The van der Waals surface area contributed by atoms with Gasteiger partial charge in [-0.05, 0) is 53.9 Å². The van der Waals surface area contributed by atoms with Crippen LogP contribution in [0.3, 0.4) is 0 Å². The molecule has 2 aromatic heterocycles. The number of benzene rings is 2. The van der Waals surface area contributed by atoms with Gasteiger partial charge in [-0.15, -0.1) is 0 Å². The standard InChI is InChI=1S/C24H21N3O3/c1-29-20-10-8-19(9-11-20)27-22(15-21(25-27)23-7-4-14-30-23)24(28)26-13-12-17-5-2-3-6-18(17)16-26/h2-11,14-15H,12-13,16H2,1H3. The van der Waals surface area contributed by atoms with Crippen LogP contribution in [0.25, 0.3) is 17.1 Å². The zero-order valence-corrected chi connectivity index (χ0v) is 16.6. The van der Waals surface area contributed by atoms with Crippen LogP contribution in [0.4, 0.5) is 0 Å². The fourth-order valence-electron chi connectivity index (χ4n) is 3.83. The molecule has 0 saturated carbocycles. The summed E-state index contributed by atoms with van der Waals surface area (Å²) in [6.07, 6.45) is 2.45. The molecule has 1 aliphatic rings. The Labute approximate surface area is 174 Å². The van der Waals surface area contributed by atoms with Crippen molar-refractivity contribution in [1.29, 1.82) is 0 Å². The van der Waals surface area contributed by atoms with Crippen LogP contribution in [0.15, 0.2) is 77.4 Å². The number of carbonyl (C=O) groups is 1. The normalized spacial score (nSPS) is 13.2. The van der Waals surface area contributed by atoms with E-state index in [0.717, 1.165) is 17.9 Å². The second-order valence-corrected chi connectivity index (χ2v) is 7.25. The Morgan fingerprint density at radius 2 is 1.83 bits per heavy atom. The Balaban J connectivity index is 1.53. The van der Waals surface area contributed by atoms with Crippen LogP contribution in [-0.4, -0.2) is 34.2 Å². The van der Waals surface area contributed by atoms with E-state index in [1.807, 2.05) is 53.4 Å². The summed E-state index contributed by atoms with van der Waals surface area (Å²) >= 11 is 0. The highest BCUT2D eigenvalue weighted by Crippen LogP contribution is 2.26. The Kier molecular flexibility index (Phi) is 4.59. The number of nitrogens with zero attached hydrogens (tertiary/aromatic N) is 3. The number of amides is 1. The number of furan rings is 1. The van der Waals surface area contributed by atoms with Gasteiger partial charge < -0.3 is 14.1 Å². The minimum absolute atomic E-state index is 0.0503. The number of methoxy groups -OCH3 is 1. The summed E-state index contributed by atoms with van der Waals surface area (Å²) in [5.41, 5.74) is 4.41. The number of ether oxygens (including phenoxy) is 1. The van der Waals surface area contributed by atoms with Crippen molar-refractivity contribution >= 4 is 5.91 Å². The van der Waals surface area contributed by atoms with E-state index in [1.165, 1.54) is 11.1 Å². The van der Waals surface area contributed by atoms with E-state index in [0.29, 0.717) is 30.2 Å². The quantitative estimate of drug-likeness (QED) is 0.512. The van der Waals surface area contributed by atoms with Crippen molar-refractivity contribution in [2.24, 2.45) is 0 Å². The van der Waals surface area contributed by atoms with Crippen LogP contribution >= 0.6 is 0 Å². The lowest BCUT2D eigenvalue weighted by Crippen LogP contribution is -2.37. The van der Waals surface area contributed by atoms with Crippen LogP contribution in [-0.2, 0) is 13.0 Å². The van der Waals surface area contributed by atoms with Gasteiger partial charge in [0.25, 0.3) is 5.91 Å². The number of hydrogen-bond acceptors (Lipinski definition) is 4. The van der Waals surface area contributed by atoms with Crippen molar-refractivity contribution in [3.63, 3.8) is 0 Å². The summed E-state index contributed by atoms with van der Waals surface area (Å²) in [5.74, 6) is 1.32. The molecule has 4 aromatic rings. The predicted molar refractivity (Wildman–Crippen MR) is 113 cm³/mol. The molecule has 0 fully saturated rings. The van der Waals surface area contributed by atoms with Crippen LogP contribution < -0.4 is 4.74 Å². The highest BCUT2D eigenvalue weighted by atomic mass is 16.5. The molecule has 1 aliphatic heterocycles. The average molecular weight is 399 g/mol. The molecule has 0 N–H and O–H groups in total. The van der Waals surface area contributed by atoms with Crippen LogP contribution in [0.1, 0.15) is 21.6 Å². The molecular formula is C24H21N3O3. The largest absolute Gasteiger partial charge is 0.497 e. The van der Waals surface area contributed by atoms with E-state index in [4.69, 9.17) is 9.15 Å². The van der Waals surface area contributed by atoms with Gasteiger partial charge in [-0.25, -0.2) is 4.68 Å². The van der Waals surface area contributed by atoms with Gasteiger partial charge in [0.15, 0.2) is 5.76 Å². The minimum atomic E-state index is -0.0503. The van der Waals surface area contributed by atoms with Gasteiger partial charge in [0.2, 0.25) is 0 Å². The topological polar surface area (TPSA) is 60.5 Å². The number of carbonyl (C=O) groups excluding carboxylic acids is 1. The van der Waals surface area contributed by atoms with Gasteiger partial charge in [0, 0.05) is 19.2 Å². The monoisotopic (exact) mass is 399 g/mol. The van der Waals surface area contributed by atoms with Crippen molar-refractivity contribution < 1.29 is 13.9 Å². The van der Waals surface area contributed by atoms with Crippen LogP contribution in [0.2, 0.25) is 0 Å². The first-order valence-electron chi connectivity index (χ1n) is 9.87. The number of fused-ring (bicyclic) bond motifs is 1. The lowest BCUT2D eigenvalue weighted by atomic mass is 10.00. The van der Waals surface area contributed by atoms with Gasteiger partial charge >= 0.3 is 0 Å². The van der Waals surface area contributed by atoms with E-state index in [9.17, 15) is 4.79 Å². The van der Waals surface area contributed by atoms with Gasteiger partial charge in [-0.1, -0.05) is 24.3 Å². The van der Waals surface area contributed by atoms with E-state index >= 15 is 0 Å². The Morgan fingerprint density at radius 3 is 2.57 bits per heavy atom. The average Bonchev–Trinajstić information content (AvgIpc) is 3.48. The fourth-order valence-corrected chi connectivity index (χ4v) is 3.83. The molecule has 2 aromatic carbocycles. The third-order valence-corrected chi connectivity index (χ3v) is 5.44. The van der Waals surface area contributed by atoms with Gasteiger partial charge in [-0.3, -0.25) is 4.79 Å². The smallest absolute Gasteiger partial charge is 0.272 e. The molecule has 5 rings (SSSR count). The maximum Gasteiger partial charge on any atom is 0.272 e. The second kappa shape index (κ2) is 7.55. The molecule has 0 bridgehead atoms. The van der Waals surface area contributed by atoms with Crippen molar-refractivity contribution in [2.45, 2.75) is 13.0 Å². The Bertz CT molecular complexity index is 1180. The first kappa shape index (κ1) is 18.2. The maximum absolute atomic E-state index is 13.5. The van der Waals surface area contributed by atoms with E-state index < -0.39 is 0 Å². The van der Waals surface area contributed by atoms with Gasteiger partial charge in [0.1, 0.15) is 17.1 Å². The molecule has 0 atom stereocenters. The third-order valence-electron chi connectivity index (χ3n) is 5.44.